The first-order chi connectivity index (χ1) is 11.0. The summed E-state index contributed by atoms with van der Waals surface area (Å²) in [5.74, 6) is 0. The monoisotopic (exact) mass is 323 g/mol. The molecule has 0 spiro atoms. The Balaban J connectivity index is 1.70. The molecule has 0 fully saturated rings. The second-order valence-corrected chi connectivity index (χ2v) is 6.47. The topological polar surface area (TPSA) is 36.1 Å². The molecule has 23 heavy (non-hydrogen) atoms. The molecule has 2 aromatic carbocycles. The van der Waals surface area contributed by atoms with E-state index in [9.17, 15) is 0 Å². The fourth-order valence-electron chi connectivity index (χ4n) is 2.84. The standard InChI is InChI=1S/C19H21N3S/c1-12(2)20-19(23)22-21-13(3)14-8-9-18-16(10-14)11-15-6-4-5-7-17(15)18/h4-10,12,21H,3,11H2,1-2H3,(H2,20,22,23). The molecule has 0 radical (unpaired) electrons. The van der Waals surface area contributed by atoms with Crippen molar-refractivity contribution in [2.24, 2.45) is 0 Å². The second-order valence-electron chi connectivity index (χ2n) is 6.06. The molecule has 1 aliphatic rings. The summed E-state index contributed by atoms with van der Waals surface area (Å²) in [4.78, 5) is 0. The summed E-state index contributed by atoms with van der Waals surface area (Å²) in [6, 6.07) is 15.3. The number of rotatable bonds is 4. The molecule has 0 saturated heterocycles. The summed E-state index contributed by atoms with van der Waals surface area (Å²) in [7, 11) is 0. The van der Waals surface area contributed by atoms with Gasteiger partial charge >= 0.3 is 0 Å². The zero-order chi connectivity index (χ0) is 16.4. The average molecular weight is 323 g/mol. The van der Waals surface area contributed by atoms with Crippen LogP contribution in [-0.2, 0) is 6.42 Å². The molecule has 0 heterocycles. The van der Waals surface area contributed by atoms with Crippen molar-refractivity contribution in [1.29, 1.82) is 0 Å². The van der Waals surface area contributed by atoms with Crippen molar-refractivity contribution >= 4 is 23.0 Å². The van der Waals surface area contributed by atoms with Gasteiger partial charge in [-0.15, -0.1) is 0 Å². The predicted molar refractivity (Wildman–Crippen MR) is 101 cm³/mol. The lowest BCUT2D eigenvalue weighted by Crippen LogP contribution is -2.45. The fourth-order valence-corrected chi connectivity index (χ4v) is 3.12. The molecule has 1 aliphatic carbocycles. The van der Waals surface area contributed by atoms with Gasteiger partial charge < -0.3 is 5.32 Å². The quantitative estimate of drug-likeness (QED) is 0.506. The normalized spacial score (nSPS) is 11.6. The predicted octanol–water partition coefficient (Wildman–Crippen LogP) is 3.61. The summed E-state index contributed by atoms with van der Waals surface area (Å²) >= 11 is 5.20. The lowest BCUT2D eigenvalue weighted by atomic mass is 10.0. The van der Waals surface area contributed by atoms with Gasteiger partial charge in [0.25, 0.3) is 0 Å². The summed E-state index contributed by atoms with van der Waals surface area (Å²) < 4.78 is 0. The van der Waals surface area contributed by atoms with Gasteiger partial charge in [0.15, 0.2) is 5.11 Å². The Morgan fingerprint density at radius 3 is 2.57 bits per heavy atom. The molecule has 0 bridgehead atoms. The molecular weight excluding hydrogens is 302 g/mol. The van der Waals surface area contributed by atoms with Crippen molar-refractivity contribution in [2.75, 3.05) is 0 Å². The van der Waals surface area contributed by atoms with Crippen molar-refractivity contribution in [2.45, 2.75) is 26.3 Å². The first-order valence-corrected chi connectivity index (χ1v) is 8.18. The Morgan fingerprint density at radius 1 is 1.04 bits per heavy atom. The number of benzene rings is 2. The Kier molecular flexibility index (Phi) is 4.35. The highest BCUT2D eigenvalue weighted by Gasteiger charge is 2.18. The highest BCUT2D eigenvalue weighted by atomic mass is 32.1. The molecule has 0 aliphatic heterocycles. The van der Waals surface area contributed by atoms with Crippen LogP contribution in [0.4, 0.5) is 0 Å². The third-order valence-electron chi connectivity index (χ3n) is 3.89. The summed E-state index contributed by atoms with van der Waals surface area (Å²) in [6.45, 7) is 8.17. The van der Waals surface area contributed by atoms with E-state index in [-0.39, 0.29) is 0 Å². The molecule has 4 heteroatoms. The molecule has 0 atom stereocenters. The number of fused-ring (bicyclic) bond motifs is 3. The van der Waals surface area contributed by atoms with Crippen LogP contribution >= 0.6 is 12.2 Å². The van der Waals surface area contributed by atoms with Crippen LogP contribution in [0.2, 0.25) is 0 Å². The Morgan fingerprint density at radius 2 is 1.78 bits per heavy atom. The second kappa shape index (κ2) is 6.42. The fraction of sp³-hybridized carbons (Fsp3) is 0.211. The van der Waals surface area contributed by atoms with Gasteiger partial charge in [-0.3, -0.25) is 10.9 Å². The van der Waals surface area contributed by atoms with Gasteiger partial charge in [0.1, 0.15) is 0 Å². The van der Waals surface area contributed by atoms with Gasteiger partial charge in [-0.1, -0.05) is 43.0 Å². The van der Waals surface area contributed by atoms with E-state index in [0.717, 1.165) is 17.7 Å². The van der Waals surface area contributed by atoms with Crippen LogP contribution in [0.25, 0.3) is 16.8 Å². The number of hydrogen-bond donors (Lipinski definition) is 3. The SMILES string of the molecule is C=C(NNC(=S)NC(C)C)c1ccc2c(c1)Cc1ccccc1-2. The first-order valence-electron chi connectivity index (χ1n) is 7.77. The van der Waals surface area contributed by atoms with Crippen LogP contribution < -0.4 is 16.2 Å². The Hall–Kier alpha value is -2.33. The van der Waals surface area contributed by atoms with E-state index in [1.807, 2.05) is 13.8 Å². The van der Waals surface area contributed by atoms with Crippen molar-refractivity contribution in [3.05, 3.63) is 65.7 Å². The van der Waals surface area contributed by atoms with Crippen LogP contribution in [-0.4, -0.2) is 11.2 Å². The third kappa shape index (κ3) is 3.37. The molecule has 0 saturated carbocycles. The number of nitrogens with one attached hydrogen (secondary N) is 3. The molecule has 0 amide bonds. The van der Waals surface area contributed by atoms with Crippen LogP contribution in [0, 0.1) is 0 Å². The van der Waals surface area contributed by atoms with Gasteiger partial charge in [0, 0.05) is 6.04 Å². The van der Waals surface area contributed by atoms with E-state index < -0.39 is 0 Å². The molecule has 3 nitrogen and oxygen atoms in total. The zero-order valence-corrected chi connectivity index (χ0v) is 14.3. The van der Waals surface area contributed by atoms with Crippen LogP contribution in [0.5, 0.6) is 0 Å². The molecule has 2 aromatic rings. The maximum atomic E-state index is 5.20. The van der Waals surface area contributed by atoms with Crippen molar-refractivity contribution < 1.29 is 0 Å². The first kappa shape index (κ1) is 15.6. The summed E-state index contributed by atoms with van der Waals surface area (Å²) in [5.41, 5.74) is 13.3. The minimum atomic E-state index is 0.295. The molecule has 0 unspecified atom stereocenters. The van der Waals surface area contributed by atoms with Crippen LogP contribution in [0.1, 0.15) is 30.5 Å². The maximum Gasteiger partial charge on any atom is 0.185 e. The van der Waals surface area contributed by atoms with E-state index in [0.29, 0.717) is 11.2 Å². The maximum absolute atomic E-state index is 5.20. The van der Waals surface area contributed by atoms with E-state index >= 15 is 0 Å². The van der Waals surface area contributed by atoms with Crippen molar-refractivity contribution in [1.82, 2.24) is 16.2 Å². The smallest absolute Gasteiger partial charge is 0.185 e. The minimum absolute atomic E-state index is 0.295. The van der Waals surface area contributed by atoms with Crippen LogP contribution in [0.15, 0.2) is 49.0 Å². The highest BCUT2D eigenvalue weighted by molar-refractivity contribution is 7.80. The molecule has 0 aromatic heterocycles. The Bertz CT molecular complexity index is 765. The van der Waals surface area contributed by atoms with Gasteiger partial charge in [-0.05, 0) is 66.4 Å². The third-order valence-corrected chi connectivity index (χ3v) is 4.11. The Labute approximate surface area is 142 Å². The number of hydrazine groups is 1. The van der Waals surface area contributed by atoms with E-state index in [2.05, 4.69) is 65.2 Å². The van der Waals surface area contributed by atoms with Gasteiger partial charge in [0.2, 0.25) is 0 Å². The van der Waals surface area contributed by atoms with Gasteiger partial charge in [0.05, 0.1) is 5.70 Å². The van der Waals surface area contributed by atoms with Crippen molar-refractivity contribution in [3.8, 4) is 11.1 Å². The van der Waals surface area contributed by atoms with E-state index in [1.54, 1.807) is 0 Å². The largest absolute Gasteiger partial charge is 0.359 e. The molecule has 3 rings (SSSR count). The molecular formula is C19H21N3S. The van der Waals surface area contributed by atoms with Crippen LogP contribution in [0.3, 0.4) is 0 Å². The highest BCUT2D eigenvalue weighted by Crippen LogP contribution is 2.37. The zero-order valence-electron chi connectivity index (χ0n) is 13.4. The lowest BCUT2D eigenvalue weighted by molar-refractivity contribution is 0.700. The van der Waals surface area contributed by atoms with E-state index in [4.69, 9.17) is 12.2 Å². The molecule has 3 N–H and O–H groups in total. The molecule has 118 valence electrons. The summed E-state index contributed by atoms with van der Waals surface area (Å²) in [5, 5.41) is 3.68. The number of thiocarbonyl (C=S) groups is 1. The van der Waals surface area contributed by atoms with E-state index in [1.165, 1.54) is 22.3 Å². The summed E-state index contributed by atoms with van der Waals surface area (Å²) in [6.07, 6.45) is 0.980. The lowest BCUT2D eigenvalue weighted by Gasteiger charge is -2.16. The van der Waals surface area contributed by atoms with Gasteiger partial charge in [-0.25, -0.2) is 0 Å². The van der Waals surface area contributed by atoms with Crippen molar-refractivity contribution in [3.63, 3.8) is 0 Å². The average Bonchev–Trinajstić information content (AvgIpc) is 2.89. The minimum Gasteiger partial charge on any atom is -0.359 e. The number of hydrogen-bond acceptors (Lipinski definition) is 2. The van der Waals surface area contributed by atoms with Gasteiger partial charge in [-0.2, -0.15) is 0 Å².